The van der Waals surface area contributed by atoms with Gasteiger partial charge in [0, 0.05) is 33.9 Å². The van der Waals surface area contributed by atoms with Gasteiger partial charge in [0.15, 0.2) is 6.29 Å². The van der Waals surface area contributed by atoms with Gasteiger partial charge in [-0.2, -0.15) is 0 Å². The molecule has 3 aromatic rings. The lowest BCUT2D eigenvalue weighted by molar-refractivity contribution is 0.112. The highest BCUT2D eigenvalue weighted by atomic mass is 35.5. The first kappa shape index (κ1) is 21.9. The molecular formula is C25H26Cl2N2O2. The summed E-state index contributed by atoms with van der Waals surface area (Å²) in [5, 5.41) is 5.99. The Hall–Kier alpha value is -2.30. The number of aryl methyl sites for hydroxylation is 1. The van der Waals surface area contributed by atoms with Crippen molar-refractivity contribution in [3.8, 4) is 5.75 Å². The summed E-state index contributed by atoms with van der Waals surface area (Å²) in [6.07, 6.45) is 8.37. The average molecular weight is 457 g/mol. The van der Waals surface area contributed by atoms with Gasteiger partial charge in [0.2, 0.25) is 0 Å². The van der Waals surface area contributed by atoms with E-state index in [1.807, 2.05) is 12.1 Å². The van der Waals surface area contributed by atoms with Crippen molar-refractivity contribution < 1.29 is 9.53 Å². The fraction of sp³-hybridized carbons (Fsp3) is 0.360. The van der Waals surface area contributed by atoms with Crippen LogP contribution in [0.4, 0.5) is 5.69 Å². The Balaban J connectivity index is 1.30. The molecule has 31 heavy (non-hydrogen) atoms. The van der Waals surface area contributed by atoms with Gasteiger partial charge < -0.3 is 10.1 Å². The van der Waals surface area contributed by atoms with Crippen LogP contribution in [-0.2, 0) is 12.8 Å². The molecule has 0 radical (unpaired) electrons. The number of aldehydes is 1. The predicted molar refractivity (Wildman–Crippen MR) is 128 cm³/mol. The van der Waals surface area contributed by atoms with E-state index >= 15 is 0 Å². The molecule has 1 aliphatic rings. The normalized spacial score (nSPS) is 13.1. The van der Waals surface area contributed by atoms with E-state index in [2.05, 4.69) is 11.4 Å². The zero-order chi connectivity index (χ0) is 21.6. The number of pyridine rings is 1. The lowest BCUT2D eigenvalue weighted by Gasteiger charge is -2.22. The summed E-state index contributed by atoms with van der Waals surface area (Å²) < 4.78 is 5.75. The molecule has 0 aliphatic heterocycles. The molecule has 4 nitrogen and oxygen atoms in total. The fourth-order valence-corrected chi connectivity index (χ4v) is 4.48. The van der Waals surface area contributed by atoms with E-state index in [-0.39, 0.29) is 0 Å². The van der Waals surface area contributed by atoms with Crippen molar-refractivity contribution in [2.75, 3.05) is 18.5 Å². The number of rotatable bonds is 9. The van der Waals surface area contributed by atoms with E-state index in [0.717, 1.165) is 60.9 Å². The second-order valence-corrected chi connectivity index (χ2v) is 8.76. The van der Waals surface area contributed by atoms with Crippen LogP contribution in [0.2, 0.25) is 10.0 Å². The van der Waals surface area contributed by atoms with Gasteiger partial charge in [-0.05, 0) is 86.9 Å². The van der Waals surface area contributed by atoms with Gasteiger partial charge >= 0.3 is 0 Å². The van der Waals surface area contributed by atoms with Gasteiger partial charge in [-0.3, -0.25) is 9.78 Å². The Morgan fingerprint density at radius 3 is 2.74 bits per heavy atom. The summed E-state index contributed by atoms with van der Waals surface area (Å²) in [5.41, 5.74) is 5.28. The van der Waals surface area contributed by atoms with Crippen molar-refractivity contribution in [2.45, 2.75) is 44.9 Å². The van der Waals surface area contributed by atoms with E-state index in [4.69, 9.17) is 32.9 Å². The van der Waals surface area contributed by atoms with Crippen molar-refractivity contribution in [1.29, 1.82) is 0 Å². The molecule has 6 heteroatoms. The van der Waals surface area contributed by atoms with Crippen molar-refractivity contribution in [2.24, 2.45) is 0 Å². The zero-order valence-corrected chi connectivity index (χ0v) is 18.9. The molecule has 0 atom stereocenters. The summed E-state index contributed by atoms with van der Waals surface area (Å²) in [7, 11) is 0. The van der Waals surface area contributed by atoms with E-state index in [1.54, 1.807) is 18.2 Å². The molecule has 0 saturated heterocycles. The SMILES string of the molecule is O=Cc1ccc(OCCCCCNc2c3c(nc4cc(Cl)ccc24)CCCC3)cc1Cl. The smallest absolute Gasteiger partial charge is 0.151 e. The molecule has 1 aromatic heterocycles. The summed E-state index contributed by atoms with van der Waals surface area (Å²) in [6, 6.07) is 11.1. The Morgan fingerprint density at radius 1 is 1.03 bits per heavy atom. The van der Waals surface area contributed by atoms with Gasteiger partial charge in [-0.15, -0.1) is 0 Å². The molecule has 0 spiro atoms. The lowest BCUT2D eigenvalue weighted by Crippen LogP contribution is -2.12. The molecule has 0 saturated carbocycles. The number of anilines is 1. The third-order valence-electron chi connectivity index (χ3n) is 5.72. The first-order valence-electron chi connectivity index (χ1n) is 10.9. The summed E-state index contributed by atoms with van der Waals surface area (Å²) >= 11 is 12.2. The second-order valence-electron chi connectivity index (χ2n) is 7.92. The highest BCUT2D eigenvalue weighted by Gasteiger charge is 2.18. The number of nitrogens with one attached hydrogen (secondary N) is 1. The number of hydrogen-bond donors (Lipinski definition) is 1. The minimum Gasteiger partial charge on any atom is -0.494 e. The van der Waals surface area contributed by atoms with Crippen LogP contribution in [0, 0.1) is 0 Å². The molecule has 0 fully saturated rings. The van der Waals surface area contributed by atoms with Gasteiger partial charge in [0.25, 0.3) is 0 Å². The minimum atomic E-state index is 0.422. The number of benzene rings is 2. The van der Waals surface area contributed by atoms with E-state index in [0.29, 0.717) is 22.9 Å². The zero-order valence-electron chi connectivity index (χ0n) is 17.4. The number of carbonyl (C=O) groups excluding carboxylic acids is 1. The Kier molecular flexibility index (Phi) is 7.31. The molecule has 2 aromatic carbocycles. The third-order valence-corrected chi connectivity index (χ3v) is 6.28. The number of nitrogens with zero attached hydrogens (tertiary/aromatic N) is 1. The van der Waals surface area contributed by atoms with Crippen molar-refractivity contribution in [3.63, 3.8) is 0 Å². The van der Waals surface area contributed by atoms with Gasteiger partial charge in [-0.25, -0.2) is 0 Å². The number of carbonyl (C=O) groups is 1. The quantitative estimate of drug-likeness (QED) is 0.281. The van der Waals surface area contributed by atoms with Crippen LogP contribution < -0.4 is 10.1 Å². The topological polar surface area (TPSA) is 51.2 Å². The Morgan fingerprint density at radius 2 is 1.90 bits per heavy atom. The van der Waals surface area contributed by atoms with E-state index in [9.17, 15) is 4.79 Å². The maximum Gasteiger partial charge on any atom is 0.151 e. The average Bonchev–Trinajstić information content (AvgIpc) is 2.77. The summed E-state index contributed by atoms with van der Waals surface area (Å²) in [5.74, 6) is 0.697. The molecule has 0 amide bonds. The monoisotopic (exact) mass is 456 g/mol. The Labute approximate surface area is 192 Å². The van der Waals surface area contributed by atoms with Gasteiger partial charge in [0.1, 0.15) is 5.75 Å². The first-order valence-corrected chi connectivity index (χ1v) is 11.6. The molecule has 0 bridgehead atoms. The maximum absolute atomic E-state index is 10.8. The van der Waals surface area contributed by atoms with Gasteiger partial charge in [-0.1, -0.05) is 23.2 Å². The number of unbranched alkanes of at least 4 members (excludes halogenated alkanes) is 2. The van der Waals surface area contributed by atoms with Crippen LogP contribution in [0.1, 0.15) is 53.7 Å². The van der Waals surface area contributed by atoms with Crippen molar-refractivity contribution >= 4 is 46.1 Å². The van der Waals surface area contributed by atoms with Crippen LogP contribution >= 0.6 is 23.2 Å². The fourth-order valence-electron chi connectivity index (χ4n) is 4.10. The number of halogens is 2. The highest BCUT2D eigenvalue weighted by molar-refractivity contribution is 6.33. The minimum absolute atomic E-state index is 0.422. The standard InChI is InChI=1S/C25H26Cl2N2O2/c26-18-9-11-21-24(14-18)29-23-7-3-2-6-20(23)25(21)28-12-4-1-5-13-31-19-10-8-17(16-30)22(27)15-19/h8-11,14-16H,1-7,12-13H2,(H,28,29). The van der Waals surface area contributed by atoms with Crippen LogP contribution in [0.5, 0.6) is 5.75 Å². The molecule has 0 unspecified atom stereocenters. The molecule has 162 valence electrons. The Bertz CT molecular complexity index is 1080. The summed E-state index contributed by atoms with van der Waals surface area (Å²) in [6.45, 7) is 1.54. The number of aromatic nitrogens is 1. The molecule has 1 aliphatic carbocycles. The van der Waals surface area contributed by atoms with Crippen molar-refractivity contribution in [1.82, 2.24) is 4.98 Å². The van der Waals surface area contributed by atoms with Crippen molar-refractivity contribution in [3.05, 3.63) is 63.3 Å². The lowest BCUT2D eigenvalue weighted by atomic mass is 9.92. The van der Waals surface area contributed by atoms with Crippen LogP contribution in [0.3, 0.4) is 0 Å². The number of ether oxygens (including phenoxy) is 1. The molecular weight excluding hydrogens is 431 g/mol. The first-order chi connectivity index (χ1) is 15.2. The van der Waals surface area contributed by atoms with E-state index < -0.39 is 0 Å². The molecule has 1 heterocycles. The predicted octanol–water partition coefficient (Wildman–Crippen LogP) is 6.89. The molecule has 1 N–H and O–H groups in total. The van der Waals surface area contributed by atoms with Crippen LogP contribution in [0.15, 0.2) is 36.4 Å². The second kappa shape index (κ2) is 10.3. The maximum atomic E-state index is 10.8. The van der Waals surface area contributed by atoms with Crippen LogP contribution in [0.25, 0.3) is 10.9 Å². The van der Waals surface area contributed by atoms with Gasteiger partial charge in [0.05, 0.1) is 17.1 Å². The van der Waals surface area contributed by atoms with E-state index in [1.165, 1.54) is 29.8 Å². The number of fused-ring (bicyclic) bond motifs is 2. The third kappa shape index (κ3) is 5.31. The summed E-state index contributed by atoms with van der Waals surface area (Å²) in [4.78, 5) is 15.7. The highest BCUT2D eigenvalue weighted by Crippen LogP contribution is 2.34. The number of hydrogen-bond acceptors (Lipinski definition) is 4. The molecule has 4 rings (SSSR count). The van der Waals surface area contributed by atoms with Crippen LogP contribution in [-0.4, -0.2) is 24.4 Å². The largest absolute Gasteiger partial charge is 0.494 e.